The van der Waals surface area contributed by atoms with Gasteiger partial charge in [-0.05, 0) is 48.9 Å². The van der Waals surface area contributed by atoms with Crippen LogP contribution in [0.25, 0.3) is 0 Å². The van der Waals surface area contributed by atoms with Crippen LogP contribution >= 0.6 is 11.3 Å². The van der Waals surface area contributed by atoms with Crippen LogP contribution in [0.15, 0.2) is 79.4 Å². The van der Waals surface area contributed by atoms with Crippen LogP contribution in [0.3, 0.4) is 0 Å². The first-order valence-electron chi connectivity index (χ1n) is 10.6. The maximum atomic E-state index is 13.3. The lowest BCUT2D eigenvalue weighted by atomic mass is 10.1. The number of benzene rings is 2. The lowest BCUT2D eigenvalue weighted by molar-refractivity contribution is -0.137. The van der Waals surface area contributed by atoms with Crippen LogP contribution in [0.2, 0.25) is 0 Å². The van der Waals surface area contributed by atoms with E-state index in [9.17, 15) is 22.8 Å². The van der Waals surface area contributed by atoms with Crippen molar-refractivity contribution >= 4 is 23.2 Å². The van der Waals surface area contributed by atoms with E-state index in [0.29, 0.717) is 13.1 Å². The molecule has 8 heteroatoms. The van der Waals surface area contributed by atoms with Crippen LogP contribution in [0.4, 0.5) is 13.2 Å². The van der Waals surface area contributed by atoms with Crippen LogP contribution in [0.5, 0.6) is 0 Å². The lowest BCUT2D eigenvalue weighted by Crippen LogP contribution is -2.42. The summed E-state index contributed by atoms with van der Waals surface area (Å²) in [6.45, 7) is 6.27. The molecular formula is C26H25F3N2O2S. The number of rotatable bonds is 9. The van der Waals surface area contributed by atoms with Crippen molar-refractivity contribution in [2.24, 2.45) is 0 Å². The third-order valence-corrected chi connectivity index (χ3v) is 6.12. The zero-order valence-corrected chi connectivity index (χ0v) is 19.5. The van der Waals surface area contributed by atoms with E-state index in [1.165, 1.54) is 11.0 Å². The maximum Gasteiger partial charge on any atom is 0.416 e. The molecule has 178 valence electrons. The molecule has 3 aromatic rings. The highest BCUT2D eigenvalue weighted by atomic mass is 32.1. The largest absolute Gasteiger partial charge is 0.416 e. The molecular weight excluding hydrogens is 461 g/mol. The number of aryl methyl sites for hydroxylation is 1. The third kappa shape index (κ3) is 6.81. The number of halogens is 3. The van der Waals surface area contributed by atoms with Gasteiger partial charge in [0.2, 0.25) is 5.91 Å². The van der Waals surface area contributed by atoms with Gasteiger partial charge in [-0.2, -0.15) is 13.2 Å². The highest BCUT2D eigenvalue weighted by Gasteiger charge is 2.30. The number of carbonyl (C=O) groups excluding carboxylic acids is 2. The molecule has 0 radical (unpaired) electrons. The van der Waals surface area contributed by atoms with Gasteiger partial charge in [0, 0.05) is 28.4 Å². The Bertz CT molecular complexity index is 1120. The molecule has 0 bridgehead atoms. The third-order valence-electron chi connectivity index (χ3n) is 5.13. The van der Waals surface area contributed by atoms with Crippen molar-refractivity contribution in [2.75, 3.05) is 13.1 Å². The summed E-state index contributed by atoms with van der Waals surface area (Å²) >= 11 is 1.60. The Morgan fingerprint density at radius 3 is 2.18 bits per heavy atom. The van der Waals surface area contributed by atoms with Gasteiger partial charge in [0.25, 0.3) is 5.91 Å². The van der Waals surface area contributed by atoms with Gasteiger partial charge in [-0.25, -0.2) is 0 Å². The minimum atomic E-state index is -4.49. The van der Waals surface area contributed by atoms with E-state index >= 15 is 0 Å². The van der Waals surface area contributed by atoms with E-state index in [4.69, 9.17) is 0 Å². The molecule has 4 nitrogen and oxygen atoms in total. The fourth-order valence-corrected chi connectivity index (χ4v) is 4.32. The molecule has 3 rings (SSSR count). The second-order valence-electron chi connectivity index (χ2n) is 7.80. The topological polar surface area (TPSA) is 40.6 Å². The average Bonchev–Trinajstić information content (AvgIpc) is 3.22. The Kier molecular flexibility index (Phi) is 8.28. The van der Waals surface area contributed by atoms with Gasteiger partial charge in [-0.1, -0.05) is 36.4 Å². The van der Waals surface area contributed by atoms with Crippen molar-refractivity contribution < 1.29 is 22.8 Å². The average molecular weight is 487 g/mol. The summed E-state index contributed by atoms with van der Waals surface area (Å²) in [7, 11) is 0. The Morgan fingerprint density at radius 1 is 0.941 bits per heavy atom. The van der Waals surface area contributed by atoms with E-state index in [0.717, 1.165) is 39.6 Å². The van der Waals surface area contributed by atoms with Crippen molar-refractivity contribution in [3.63, 3.8) is 0 Å². The number of hydrogen-bond donors (Lipinski definition) is 0. The summed E-state index contributed by atoms with van der Waals surface area (Å²) in [6, 6.07) is 17.5. The lowest BCUT2D eigenvalue weighted by Gasteiger charge is -2.27. The molecule has 0 aliphatic rings. The summed E-state index contributed by atoms with van der Waals surface area (Å²) in [5.41, 5.74) is 0.190. The molecule has 1 heterocycles. The molecule has 0 saturated carbocycles. The first-order chi connectivity index (χ1) is 16.2. The summed E-state index contributed by atoms with van der Waals surface area (Å²) < 4.78 is 38.6. The molecule has 0 aliphatic carbocycles. The van der Waals surface area contributed by atoms with Crippen LogP contribution in [-0.2, 0) is 24.1 Å². The molecule has 0 aliphatic heterocycles. The molecule has 0 unspecified atom stereocenters. The maximum absolute atomic E-state index is 13.3. The SMILES string of the molecule is C=CCN(CC(=O)N(Cc1ccccc1)Cc1ccc(C)s1)C(=O)c1ccc(C(F)(F)F)cc1. The molecule has 2 aromatic carbocycles. The second-order valence-corrected chi connectivity index (χ2v) is 9.17. The van der Waals surface area contributed by atoms with E-state index in [1.807, 2.05) is 49.4 Å². The molecule has 0 saturated heterocycles. The summed E-state index contributed by atoms with van der Waals surface area (Å²) in [5, 5.41) is 0. The van der Waals surface area contributed by atoms with Gasteiger partial charge in [0.05, 0.1) is 12.1 Å². The number of nitrogens with zero attached hydrogens (tertiary/aromatic N) is 2. The first-order valence-corrected chi connectivity index (χ1v) is 11.4. The number of alkyl halides is 3. The number of carbonyl (C=O) groups is 2. The number of hydrogen-bond acceptors (Lipinski definition) is 3. The summed E-state index contributed by atoms with van der Waals surface area (Å²) in [6.07, 6.45) is -3.00. The number of thiophene rings is 1. The van der Waals surface area contributed by atoms with E-state index in [-0.39, 0.29) is 24.6 Å². The van der Waals surface area contributed by atoms with Crippen molar-refractivity contribution in [2.45, 2.75) is 26.2 Å². The zero-order chi connectivity index (χ0) is 24.7. The highest BCUT2D eigenvalue weighted by Crippen LogP contribution is 2.29. The van der Waals surface area contributed by atoms with Crippen LogP contribution in [0.1, 0.15) is 31.2 Å². The fraction of sp³-hybridized carbons (Fsp3) is 0.231. The van der Waals surface area contributed by atoms with Crippen molar-refractivity contribution in [3.05, 3.63) is 106 Å². The summed E-state index contributed by atoms with van der Waals surface area (Å²) in [4.78, 5) is 31.4. The monoisotopic (exact) mass is 486 g/mol. The van der Waals surface area contributed by atoms with Crippen molar-refractivity contribution in [1.29, 1.82) is 0 Å². The van der Waals surface area contributed by atoms with Gasteiger partial charge in [-0.15, -0.1) is 17.9 Å². The Hall–Kier alpha value is -3.39. The fourth-order valence-electron chi connectivity index (χ4n) is 3.42. The smallest absolute Gasteiger partial charge is 0.332 e. The van der Waals surface area contributed by atoms with Crippen molar-refractivity contribution in [3.8, 4) is 0 Å². The number of amides is 2. The Morgan fingerprint density at radius 2 is 1.62 bits per heavy atom. The normalized spacial score (nSPS) is 11.2. The van der Waals surface area contributed by atoms with Gasteiger partial charge >= 0.3 is 6.18 Å². The van der Waals surface area contributed by atoms with Crippen molar-refractivity contribution in [1.82, 2.24) is 9.80 Å². The molecule has 34 heavy (non-hydrogen) atoms. The predicted molar refractivity (Wildman–Crippen MR) is 127 cm³/mol. The van der Waals surface area contributed by atoms with Crippen LogP contribution < -0.4 is 0 Å². The minimum absolute atomic E-state index is 0.0751. The zero-order valence-electron chi connectivity index (χ0n) is 18.7. The molecule has 1 aromatic heterocycles. The van der Waals surface area contributed by atoms with Gasteiger partial charge in [0.15, 0.2) is 0 Å². The van der Waals surface area contributed by atoms with Crippen LogP contribution in [0, 0.1) is 6.92 Å². The van der Waals surface area contributed by atoms with E-state index in [1.54, 1.807) is 16.2 Å². The molecule has 0 fully saturated rings. The molecule has 2 amide bonds. The molecule has 0 spiro atoms. The first kappa shape index (κ1) is 25.2. The Labute approximate surface area is 200 Å². The summed E-state index contributed by atoms with van der Waals surface area (Å²) in [5.74, 6) is -0.800. The quantitative estimate of drug-likeness (QED) is 0.352. The van der Waals surface area contributed by atoms with Gasteiger partial charge < -0.3 is 9.80 Å². The van der Waals surface area contributed by atoms with Crippen LogP contribution in [-0.4, -0.2) is 34.7 Å². The van der Waals surface area contributed by atoms with Gasteiger partial charge in [0.1, 0.15) is 6.54 Å². The standard InChI is InChI=1S/C26H25F3N2O2S/c1-3-15-30(25(33)21-10-12-22(13-11-21)26(27,28)29)18-24(32)31(16-20-7-5-4-6-8-20)17-23-14-9-19(2)34-23/h3-14H,1,15-18H2,2H3. The van der Waals surface area contributed by atoms with Gasteiger partial charge in [-0.3, -0.25) is 9.59 Å². The minimum Gasteiger partial charge on any atom is -0.332 e. The highest BCUT2D eigenvalue weighted by molar-refractivity contribution is 7.11. The Balaban J connectivity index is 1.79. The predicted octanol–water partition coefficient (Wildman–Crippen LogP) is 5.93. The van der Waals surface area contributed by atoms with E-state index in [2.05, 4.69) is 6.58 Å². The molecule has 0 N–H and O–H groups in total. The van der Waals surface area contributed by atoms with E-state index < -0.39 is 17.6 Å². The molecule has 0 atom stereocenters. The second kappa shape index (κ2) is 11.2.